The van der Waals surface area contributed by atoms with Crippen LogP contribution in [0.2, 0.25) is 0 Å². The largest absolute Gasteiger partial charge is 0.486 e. The van der Waals surface area contributed by atoms with Gasteiger partial charge < -0.3 is 14.5 Å². The molecule has 4 nitrogen and oxygen atoms in total. The minimum atomic E-state index is 0.0722. The lowest BCUT2D eigenvalue weighted by molar-refractivity contribution is 0.0175. The van der Waals surface area contributed by atoms with Gasteiger partial charge in [0.2, 0.25) is 0 Å². The molecule has 0 atom stereocenters. The Labute approximate surface area is 143 Å². The van der Waals surface area contributed by atoms with Crippen LogP contribution in [0.3, 0.4) is 0 Å². The SMILES string of the molecule is CCc1ccccc1OC1CN(C(=O)c2ccccc2N(C)C)C1. The highest BCUT2D eigenvalue weighted by Gasteiger charge is 2.34. The Bertz CT molecular complexity index is 721. The number of rotatable bonds is 5. The van der Waals surface area contributed by atoms with Gasteiger partial charge in [-0.05, 0) is 30.2 Å². The number of carbonyl (C=O) groups excluding carboxylic acids is 1. The second-order valence-electron chi connectivity index (χ2n) is 6.32. The summed E-state index contributed by atoms with van der Waals surface area (Å²) in [6, 6.07) is 15.8. The van der Waals surface area contributed by atoms with Gasteiger partial charge in [0.15, 0.2) is 0 Å². The van der Waals surface area contributed by atoms with E-state index in [-0.39, 0.29) is 12.0 Å². The maximum Gasteiger partial charge on any atom is 0.256 e. The van der Waals surface area contributed by atoms with E-state index >= 15 is 0 Å². The number of hydrogen-bond donors (Lipinski definition) is 0. The van der Waals surface area contributed by atoms with Crippen LogP contribution in [0.25, 0.3) is 0 Å². The molecule has 126 valence electrons. The van der Waals surface area contributed by atoms with Crippen molar-refractivity contribution in [2.24, 2.45) is 0 Å². The van der Waals surface area contributed by atoms with Crippen molar-refractivity contribution in [1.29, 1.82) is 0 Å². The Morgan fingerprint density at radius 1 is 1.12 bits per heavy atom. The van der Waals surface area contributed by atoms with E-state index in [1.165, 1.54) is 5.56 Å². The summed E-state index contributed by atoms with van der Waals surface area (Å²) >= 11 is 0. The number of nitrogens with zero attached hydrogens (tertiary/aromatic N) is 2. The van der Waals surface area contributed by atoms with Gasteiger partial charge >= 0.3 is 0 Å². The Morgan fingerprint density at radius 3 is 2.50 bits per heavy atom. The molecule has 0 aliphatic carbocycles. The first-order chi connectivity index (χ1) is 11.6. The van der Waals surface area contributed by atoms with E-state index < -0.39 is 0 Å². The molecule has 24 heavy (non-hydrogen) atoms. The first-order valence-corrected chi connectivity index (χ1v) is 8.40. The second-order valence-corrected chi connectivity index (χ2v) is 6.32. The second kappa shape index (κ2) is 6.95. The fourth-order valence-electron chi connectivity index (χ4n) is 2.98. The van der Waals surface area contributed by atoms with Crippen molar-refractivity contribution < 1.29 is 9.53 Å². The van der Waals surface area contributed by atoms with E-state index in [1.54, 1.807) is 0 Å². The summed E-state index contributed by atoms with van der Waals surface area (Å²) in [5.41, 5.74) is 2.90. The van der Waals surface area contributed by atoms with E-state index in [2.05, 4.69) is 13.0 Å². The molecule has 1 aliphatic heterocycles. The molecule has 1 fully saturated rings. The van der Waals surface area contributed by atoms with Gasteiger partial charge in [-0.1, -0.05) is 37.3 Å². The minimum absolute atomic E-state index is 0.0722. The molecule has 0 unspecified atom stereocenters. The van der Waals surface area contributed by atoms with Crippen LogP contribution in [0.1, 0.15) is 22.8 Å². The molecule has 1 amide bonds. The van der Waals surface area contributed by atoms with Gasteiger partial charge in [0.05, 0.1) is 18.7 Å². The van der Waals surface area contributed by atoms with Gasteiger partial charge in [0.25, 0.3) is 5.91 Å². The first kappa shape index (κ1) is 16.4. The van der Waals surface area contributed by atoms with E-state index in [0.717, 1.165) is 23.4 Å². The number of aryl methyl sites for hydroxylation is 1. The number of amides is 1. The summed E-state index contributed by atoms with van der Waals surface area (Å²) in [5.74, 6) is 1.01. The molecule has 1 saturated heterocycles. The fraction of sp³-hybridized carbons (Fsp3) is 0.350. The van der Waals surface area contributed by atoms with Crippen molar-refractivity contribution in [2.45, 2.75) is 19.4 Å². The Balaban J connectivity index is 1.64. The number of para-hydroxylation sites is 2. The molecule has 2 aromatic carbocycles. The highest BCUT2D eigenvalue weighted by atomic mass is 16.5. The molecule has 3 rings (SSSR count). The molecular formula is C20H24N2O2. The maximum absolute atomic E-state index is 12.7. The predicted octanol–water partition coefficient (Wildman–Crippen LogP) is 3.22. The van der Waals surface area contributed by atoms with Crippen LogP contribution in [-0.4, -0.2) is 44.1 Å². The summed E-state index contributed by atoms with van der Waals surface area (Å²) in [4.78, 5) is 16.5. The normalized spacial score (nSPS) is 14.2. The van der Waals surface area contributed by atoms with Gasteiger partial charge in [-0.2, -0.15) is 0 Å². The average Bonchev–Trinajstić information content (AvgIpc) is 2.57. The Morgan fingerprint density at radius 2 is 1.79 bits per heavy atom. The monoisotopic (exact) mass is 324 g/mol. The highest BCUT2D eigenvalue weighted by molar-refractivity contribution is 6.00. The van der Waals surface area contributed by atoms with Crippen LogP contribution >= 0.6 is 0 Å². The average molecular weight is 324 g/mol. The molecule has 0 spiro atoms. The summed E-state index contributed by atoms with van der Waals surface area (Å²) in [6.45, 7) is 3.40. The van der Waals surface area contributed by atoms with Crippen LogP contribution in [0.15, 0.2) is 48.5 Å². The van der Waals surface area contributed by atoms with Gasteiger partial charge in [-0.3, -0.25) is 4.79 Å². The standard InChI is InChI=1S/C20H24N2O2/c1-4-15-9-5-8-12-19(15)24-16-13-22(14-16)20(23)17-10-6-7-11-18(17)21(2)3/h5-12,16H,4,13-14H2,1-3H3. The zero-order valence-electron chi connectivity index (χ0n) is 14.5. The molecule has 0 bridgehead atoms. The minimum Gasteiger partial charge on any atom is -0.486 e. The lowest BCUT2D eigenvalue weighted by Crippen LogP contribution is -2.56. The lowest BCUT2D eigenvalue weighted by atomic mass is 10.1. The molecule has 1 aliphatic rings. The van der Waals surface area contributed by atoms with Gasteiger partial charge in [-0.25, -0.2) is 0 Å². The third-order valence-corrected chi connectivity index (χ3v) is 4.40. The number of likely N-dealkylation sites (tertiary alicyclic amines) is 1. The Hall–Kier alpha value is -2.49. The third kappa shape index (κ3) is 3.23. The van der Waals surface area contributed by atoms with Crippen molar-refractivity contribution >= 4 is 11.6 Å². The smallest absolute Gasteiger partial charge is 0.256 e. The highest BCUT2D eigenvalue weighted by Crippen LogP contribution is 2.26. The van der Waals surface area contributed by atoms with Crippen LogP contribution in [0.4, 0.5) is 5.69 Å². The van der Waals surface area contributed by atoms with E-state index in [9.17, 15) is 4.79 Å². The van der Waals surface area contributed by atoms with Crippen molar-refractivity contribution in [3.63, 3.8) is 0 Å². The van der Waals surface area contributed by atoms with Crippen molar-refractivity contribution in [3.8, 4) is 5.75 Å². The van der Waals surface area contributed by atoms with Crippen molar-refractivity contribution in [2.75, 3.05) is 32.1 Å². The van der Waals surface area contributed by atoms with Gasteiger partial charge in [0.1, 0.15) is 11.9 Å². The van der Waals surface area contributed by atoms with E-state index in [0.29, 0.717) is 13.1 Å². The number of hydrogen-bond acceptors (Lipinski definition) is 3. The van der Waals surface area contributed by atoms with Gasteiger partial charge in [-0.15, -0.1) is 0 Å². The number of ether oxygens (including phenoxy) is 1. The summed E-state index contributed by atoms with van der Waals surface area (Å²) in [6.07, 6.45) is 1.02. The summed E-state index contributed by atoms with van der Waals surface area (Å²) in [5, 5.41) is 0. The maximum atomic E-state index is 12.7. The predicted molar refractivity (Wildman–Crippen MR) is 96.9 cm³/mol. The topological polar surface area (TPSA) is 32.8 Å². The Kier molecular flexibility index (Phi) is 4.74. The first-order valence-electron chi connectivity index (χ1n) is 8.40. The number of anilines is 1. The van der Waals surface area contributed by atoms with E-state index in [4.69, 9.17) is 4.74 Å². The fourth-order valence-corrected chi connectivity index (χ4v) is 2.98. The lowest BCUT2D eigenvalue weighted by Gasteiger charge is -2.39. The zero-order valence-corrected chi connectivity index (χ0v) is 14.5. The molecule has 2 aromatic rings. The zero-order chi connectivity index (χ0) is 17.1. The quantitative estimate of drug-likeness (QED) is 0.846. The van der Waals surface area contributed by atoms with Crippen molar-refractivity contribution in [1.82, 2.24) is 4.90 Å². The number of carbonyl (C=O) groups is 1. The third-order valence-electron chi connectivity index (χ3n) is 4.40. The molecule has 0 N–H and O–H groups in total. The molecule has 1 heterocycles. The molecule has 0 radical (unpaired) electrons. The number of benzene rings is 2. The molecule has 0 aromatic heterocycles. The molecule has 4 heteroatoms. The summed E-state index contributed by atoms with van der Waals surface area (Å²) < 4.78 is 6.06. The van der Waals surface area contributed by atoms with Crippen LogP contribution < -0.4 is 9.64 Å². The van der Waals surface area contributed by atoms with Crippen molar-refractivity contribution in [3.05, 3.63) is 59.7 Å². The van der Waals surface area contributed by atoms with Gasteiger partial charge in [0, 0.05) is 19.8 Å². The van der Waals surface area contributed by atoms with E-state index in [1.807, 2.05) is 66.4 Å². The molecular weight excluding hydrogens is 300 g/mol. The summed E-state index contributed by atoms with van der Waals surface area (Å²) in [7, 11) is 3.91. The van der Waals surface area contributed by atoms with Crippen LogP contribution in [0.5, 0.6) is 5.75 Å². The molecule has 0 saturated carbocycles. The van der Waals surface area contributed by atoms with Crippen LogP contribution in [-0.2, 0) is 6.42 Å². The van der Waals surface area contributed by atoms with Crippen LogP contribution in [0, 0.1) is 0 Å².